The molecule has 1 aromatic rings. The van der Waals surface area contributed by atoms with Gasteiger partial charge in [-0.05, 0) is 33.3 Å². The molecule has 4 N–H and O–H groups in total. The van der Waals surface area contributed by atoms with Gasteiger partial charge in [0, 0.05) is 31.4 Å². The summed E-state index contributed by atoms with van der Waals surface area (Å²) >= 11 is 0. The maximum absolute atomic E-state index is 12.3. The second-order valence-electron chi connectivity index (χ2n) is 6.56. The summed E-state index contributed by atoms with van der Waals surface area (Å²) in [5.74, 6) is 0.179. The summed E-state index contributed by atoms with van der Waals surface area (Å²) in [6.07, 6.45) is 3.70. The highest BCUT2D eigenvalue weighted by Gasteiger charge is 2.32. The van der Waals surface area contributed by atoms with Gasteiger partial charge < -0.3 is 16.2 Å². The van der Waals surface area contributed by atoms with E-state index in [4.69, 9.17) is 16.2 Å². The van der Waals surface area contributed by atoms with Gasteiger partial charge in [0.2, 0.25) is 5.95 Å². The van der Waals surface area contributed by atoms with Crippen molar-refractivity contribution in [1.29, 1.82) is 0 Å². The fraction of sp³-hybridized carbons (Fsp3) is 0.600. The first kappa shape index (κ1) is 17.1. The van der Waals surface area contributed by atoms with Crippen molar-refractivity contribution >= 4 is 18.3 Å². The highest BCUT2D eigenvalue weighted by Crippen LogP contribution is 2.20. The number of anilines is 1. The first-order valence-corrected chi connectivity index (χ1v) is 7.61. The van der Waals surface area contributed by atoms with E-state index in [1.807, 2.05) is 20.8 Å². The maximum atomic E-state index is 12.3. The van der Waals surface area contributed by atoms with Crippen LogP contribution in [0.3, 0.4) is 0 Å². The average molecular weight is 320 g/mol. The van der Waals surface area contributed by atoms with Gasteiger partial charge in [-0.25, -0.2) is 14.8 Å². The van der Waals surface area contributed by atoms with Gasteiger partial charge in [-0.15, -0.1) is 0 Å². The minimum atomic E-state index is -0.550. The summed E-state index contributed by atoms with van der Waals surface area (Å²) in [6, 6.07) is 1.70. The van der Waals surface area contributed by atoms with E-state index in [-0.39, 0.29) is 24.2 Å². The van der Waals surface area contributed by atoms with Crippen LogP contribution in [0.4, 0.5) is 10.7 Å². The molecule has 1 aliphatic rings. The zero-order valence-corrected chi connectivity index (χ0v) is 13.8. The first-order valence-electron chi connectivity index (χ1n) is 7.61. The lowest BCUT2D eigenvalue weighted by atomic mass is 10.0. The maximum Gasteiger partial charge on any atom is 0.411 e. The third-order valence-corrected chi connectivity index (χ3v) is 3.32. The number of aromatic nitrogens is 2. The van der Waals surface area contributed by atoms with E-state index in [0.29, 0.717) is 18.7 Å². The number of piperidine rings is 1. The van der Waals surface area contributed by atoms with Gasteiger partial charge in [0.05, 0.1) is 5.69 Å². The van der Waals surface area contributed by atoms with Crippen LogP contribution in [0.15, 0.2) is 17.3 Å². The van der Waals surface area contributed by atoms with Crippen LogP contribution in [-0.4, -0.2) is 51.5 Å². The Morgan fingerprint density at radius 2 is 2.26 bits per heavy atom. The number of amides is 1. The van der Waals surface area contributed by atoms with Crippen LogP contribution in [0.1, 0.15) is 39.3 Å². The second kappa shape index (κ2) is 6.91. The lowest BCUT2D eigenvalue weighted by Crippen LogP contribution is -2.50. The number of hydrogen-bond acceptors (Lipinski definition) is 7. The molecule has 0 aromatic carbocycles. The zero-order chi connectivity index (χ0) is 17.0. The quantitative estimate of drug-likeness (QED) is 0.789. The summed E-state index contributed by atoms with van der Waals surface area (Å²) < 4.78 is 5.44. The zero-order valence-electron chi connectivity index (χ0n) is 13.8. The van der Waals surface area contributed by atoms with Gasteiger partial charge in [-0.2, -0.15) is 0 Å². The first-order chi connectivity index (χ1) is 10.7. The van der Waals surface area contributed by atoms with Crippen LogP contribution in [0.5, 0.6) is 0 Å². The Hall–Kier alpha value is -2.22. The average Bonchev–Trinajstić information content (AvgIpc) is 2.43. The Bertz CT molecular complexity index is 584. The van der Waals surface area contributed by atoms with Crippen molar-refractivity contribution in [1.82, 2.24) is 14.9 Å². The van der Waals surface area contributed by atoms with Crippen LogP contribution in [0.2, 0.25) is 0 Å². The molecule has 1 aromatic heterocycles. The predicted octanol–water partition coefficient (Wildman–Crippen LogP) is 1.16. The minimum Gasteiger partial charge on any atom is -0.444 e. The molecule has 0 bridgehead atoms. The Kier molecular flexibility index (Phi) is 5.15. The number of aliphatic imine (C=N–C) groups is 1. The normalized spacial score (nSPS) is 22.3. The van der Waals surface area contributed by atoms with Crippen molar-refractivity contribution in [2.45, 2.75) is 51.4 Å². The van der Waals surface area contributed by atoms with Gasteiger partial charge in [0.25, 0.3) is 0 Å². The van der Waals surface area contributed by atoms with Gasteiger partial charge in [0.1, 0.15) is 11.8 Å². The van der Waals surface area contributed by atoms with Crippen LogP contribution in [-0.2, 0) is 4.74 Å². The highest BCUT2D eigenvalue weighted by atomic mass is 16.6. The topological polar surface area (TPSA) is 120 Å². The molecule has 0 spiro atoms. The smallest absolute Gasteiger partial charge is 0.411 e. The number of carbonyl (C=O) groups excluding carboxylic acids is 1. The van der Waals surface area contributed by atoms with Crippen molar-refractivity contribution in [3.63, 3.8) is 0 Å². The number of nitrogens with zero attached hydrogens (tertiary/aromatic N) is 4. The van der Waals surface area contributed by atoms with Gasteiger partial charge in [-0.1, -0.05) is 0 Å². The molecule has 126 valence electrons. The summed E-state index contributed by atoms with van der Waals surface area (Å²) in [6.45, 7) is 6.03. The molecular formula is C15H24N6O2. The molecule has 2 rings (SSSR count). The van der Waals surface area contributed by atoms with E-state index in [2.05, 4.69) is 15.0 Å². The summed E-state index contributed by atoms with van der Waals surface area (Å²) in [5.41, 5.74) is 11.6. The fourth-order valence-corrected chi connectivity index (χ4v) is 2.27. The van der Waals surface area contributed by atoms with Crippen molar-refractivity contribution in [3.8, 4) is 0 Å². The van der Waals surface area contributed by atoms with E-state index < -0.39 is 5.60 Å². The molecule has 2 heterocycles. The largest absolute Gasteiger partial charge is 0.444 e. The standard InChI is InChI=1S/C15H24N6O2/c1-15(2,3)23-14(22)21-7-5-10(16)8-12(21)19-9-11-4-6-18-13(17)20-11/h4,6,9-10,12H,5,7-8,16H2,1-3H3,(H2,17,18,20). The van der Waals surface area contributed by atoms with Crippen molar-refractivity contribution in [2.75, 3.05) is 12.3 Å². The lowest BCUT2D eigenvalue weighted by molar-refractivity contribution is 0.00957. The Balaban J connectivity index is 2.12. The Labute approximate surface area is 135 Å². The highest BCUT2D eigenvalue weighted by molar-refractivity contribution is 5.77. The van der Waals surface area contributed by atoms with Gasteiger partial charge >= 0.3 is 6.09 Å². The third-order valence-electron chi connectivity index (χ3n) is 3.32. The molecule has 2 unspecified atom stereocenters. The fourth-order valence-electron chi connectivity index (χ4n) is 2.27. The molecule has 23 heavy (non-hydrogen) atoms. The lowest BCUT2D eigenvalue weighted by Gasteiger charge is -2.36. The molecule has 1 aliphatic heterocycles. The van der Waals surface area contributed by atoms with E-state index >= 15 is 0 Å². The second-order valence-corrected chi connectivity index (χ2v) is 6.56. The van der Waals surface area contributed by atoms with E-state index in [1.165, 1.54) is 0 Å². The van der Waals surface area contributed by atoms with E-state index in [0.717, 1.165) is 6.42 Å². The van der Waals surface area contributed by atoms with Crippen LogP contribution in [0, 0.1) is 0 Å². The number of nitrogen functional groups attached to an aromatic ring is 1. The molecule has 0 radical (unpaired) electrons. The van der Waals surface area contributed by atoms with Crippen molar-refractivity contribution in [2.24, 2.45) is 10.7 Å². The molecule has 1 fully saturated rings. The molecule has 8 heteroatoms. The number of hydrogen-bond donors (Lipinski definition) is 2. The molecule has 1 amide bonds. The molecule has 0 aliphatic carbocycles. The predicted molar refractivity (Wildman–Crippen MR) is 88.0 cm³/mol. The van der Waals surface area contributed by atoms with E-state index in [9.17, 15) is 4.79 Å². The Morgan fingerprint density at radius 1 is 1.52 bits per heavy atom. The third kappa shape index (κ3) is 5.17. The number of likely N-dealkylation sites (tertiary alicyclic amines) is 1. The Morgan fingerprint density at radius 3 is 2.91 bits per heavy atom. The minimum absolute atomic E-state index is 0.00584. The van der Waals surface area contributed by atoms with Crippen molar-refractivity contribution in [3.05, 3.63) is 18.0 Å². The van der Waals surface area contributed by atoms with Gasteiger partial charge in [0.15, 0.2) is 0 Å². The molecular weight excluding hydrogens is 296 g/mol. The number of nitrogens with two attached hydrogens (primary N) is 2. The SMILES string of the molecule is CC(C)(C)OC(=O)N1CCC(N)CC1N=Cc1ccnc(N)n1. The van der Waals surface area contributed by atoms with Crippen molar-refractivity contribution < 1.29 is 9.53 Å². The monoisotopic (exact) mass is 320 g/mol. The summed E-state index contributed by atoms with van der Waals surface area (Å²) in [5, 5.41) is 0. The van der Waals surface area contributed by atoms with Gasteiger partial charge in [-0.3, -0.25) is 9.89 Å². The molecule has 1 saturated heterocycles. The van der Waals surface area contributed by atoms with Crippen LogP contribution >= 0.6 is 0 Å². The number of carbonyl (C=O) groups is 1. The number of rotatable bonds is 2. The molecule has 2 atom stereocenters. The van der Waals surface area contributed by atoms with Crippen LogP contribution in [0.25, 0.3) is 0 Å². The number of ether oxygens (including phenoxy) is 1. The van der Waals surface area contributed by atoms with E-state index in [1.54, 1.807) is 23.4 Å². The molecule has 0 saturated carbocycles. The summed E-state index contributed by atoms with van der Waals surface area (Å²) in [4.78, 5) is 26.3. The molecule has 8 nitrogen and oxygen atoms in total. The van der Waals surface area contributed by atoms with Crippen LogP contribution < -0.4 is 11.5 Å². The summed E-state index contributed by atoms with van der Waals surface area (Å²) in [7, 11) is 0.